The van der Waals surface area contributed by atoms with E-state index in [-0.39, 0.29) is 17.5 Å². The molecule has 4 aromatic rings. The van der Waals surface area contributed by atoms with E-state index in [0.29, 0.717) is 27.8 Å². The monoisotopic (exact) mass is 460 g/mol. The van der Waals surface area contributed by atoms with Crippen LogP contribution in [0.15, 0.2) is 84.0 Å². The second-order valence-corrected chi connectivity index (χ2v) is 8.68. The van der Waals surface area contributed by atoms with Crippen LogP contribution < -0.4 is 5.32 Å². The predicted octanol–water partition coefficient (Wildman–Crippen LogP) is 5.40. The van der Waals surface area contributed by atoms with Crippen LogP contribution in [0.4, 0.5) is 10.1 Å². The fourth-order valence-electron chi connectivity index (χ4n) is 3.21. The zero-order valence-corrected chi connectivity index (χ0v) is 18.8. The van der Waals surface area contributed by atoms with Crippen molar-refractivity contribution >= 4 is 29.1 Å². The smallest absolute Gasteiger partial charge is 0.237 e. The Balaban J connectivity index is 1.61. The number of nitrogens with one attached hydrogen (secondary N) is 1. The molecule has 0 aliphatic rings. The van der Waals surface area contributed by atoms with Gasteiger partial charge in [0, 0.05) is 22.5 Å². The van der Waals surface area contributed by atoms with Gasteiger partial charge in [-0.15, -0.1) is 10.2 Å². The molecular weight excluding hydrogens is 439 g/mol. The van der Waals surface area contributed by atoms with Crippen LogP contribution >= 0.6 is 11.8 Å². The van der Waals surface area contributed by atoms with Crippen molar-refractivity contribution in [3.8, 4) is 17.1 Å². The molecule has 1 aromatic heterocycles. The Bertz CT molecular complexity index is 1290. The van der Waals surface area contributed by atoms with Gasteiger partial charge in [-0.05, 0) is 62.4 Å². The van der Waals surface area contributed by atoms with Crippen molar-refractivity contribution in [3.05, 3.63) is 90.2 Å². The highest BCUT2D eigenvalue weighted by Crippen LogP contribution is 2.30. The van der Waals surface area contributed by atoms with Crippen molar-refractivity contribution in [2.45, 2.75) is 24.3 Å². The van der Waals surface area contributed by atoms with E-state index < -0.39 is 5.25 Å². The highest BCUT2D eigenvalue weighted by atomic mass is 32.2. The number of para-hydroxylation sites is 1. The van der Waals surface area contributed by atoms with Crippen molar-refractivity contribution in [2.24, 2.45) is 0 Å². The average Bonchev–Trinajstić information content (AvgIpc) is 3.23. The first kappa shape index (κ1) is 22.4. The lowest BCUT2D eigenvalue weighted by Crippen LogP contribution is -2.23. The van der Waals surface area contributed by atoms with Gasteiger partial charge in [-0.1, -0.05) is 42.1 Å². The molecule has 8 heteroatoms. The van der Waals surface area contributed by atoms with Crippen LogP contribution in [-0.4, -0.2) is 31.7 Å². The molecule has 4 rings (SSSR count). The number of Topliss-reactive ketones (excluding diaryl/α,β-unsaturated/α-hetero) is 1. The Hall–Kier alpha value is -3.78. The van der Waals surface area contributed by atoms with Crippen molar-refractivity contribution in [3.63, 3.8) is 0 Å². The van der Waals surface area contributed by atoms with Crippen molar-refractivity contribution < 1.29 is 14.0 Å². The molecule has 1 heterocycles. The highest BCUT2D eigenvalue weighted by molar-refractivity contribution is 8.00. The maximum Gasteiger partial charge on any atom is 0.237 e. The number of hydrogen-bond acceptors (Lipinski definition) is 5. The van der Waals surface area contributed by atoms with Gasteiger partial charge >= 0.3 is 0 Å². The van der Waals surface area contributed by atoms with Gasteiger partial charge in [-0.2, -0.15) is 0 Å². The van der Waals surface area contributed by atoms with Gasteiger partial charge in [0.1, 0.15) is 5.82 Å². The fourth-order valence-corrected chi connectivity index (χ4v) is 4.08. The topological polar surface area (TPSA) is 76.9 Å². The first-order valence-corrected chi connectivity index (χ1v) is 11.2. The summed E-state index contributed by atoms with van der Waals surface area (Å²) in [6.07, 6.45) is 0. The number of amides is 1. The van der Waals surface area contributed by atoms with E-state index in [1.165, 1.54) is 30.8 Å². The summed E-state index contributed by atoms with van der Waals surface area (Å²) in [5.74, 6) is -0.0896. The largest absolute Gasteiger partial charge is 0.325 e. The number of rotatable bonds is 7. The normalized spacial score (nSPS) is 11.7. The fraction of sp³-hybridized carbons (Fsp3) is 0.120. The third-order valence-electron chi connectivity index (χ3n) is 4.94. The Labute approximate surface area is 194 Å². The van der Waals surface area contributed by atoms with Crippen LogP contribution in [0.25, 0.3) is 17.1 Å². The Kier molecular flexibility index (Phi) is 6.65. The average molecular weight is 461 g/mol. The second-order valence-electron chi connectivity index (χ2n) is 7.37. The van der Waals surface area contributed by atoms with Crippen LogP contribution in [0.2, 0.25) is 0 Å². The molecule has 0 fully saturated rings. The maximum atomic E-state index is 13.4. The molecular formula is C25H21FN4O2S. The molecule has 1 atom stereocenters. The molecule has 166 valence electrons. The molecule has 0 saturated carbocycles. The molecule has 0 aliphatic carbocycles. The number of benzene rings is 3. The van der Waals surface area contributed by atoms with Gasteiger partial charge in [-0.25, -0.2) is 4.39 Å². The molecule has 0 aliphatic heterocycles. The molecule has 33 heavy (non-hydrogen) atoms. The van der Waals surface area contributed by atoms with Crippen molar-refractivity contribution in [2.75, 3.05) is 5.32 Å². The minimum atomic E-state index is -0.501. The summed E-state index contributed by atoms with van der Waals surface area (Å²) in [4.78, 5) is 24.5. The van der Waals surface area contributed by atoms with E-state index >= 15 is 0 Å². The molecule has 0 saturated heterocycles. The number of nitrogens with zero attached hydrogens (tertiary/aromatic N) is 3. The molecule has 3 aromatic carbocycles. The lowest BCUT2D eigenvalue weighted by molar-refractivity contribution is -0.115. The number of hydrogen-bond donors (Lipinski definition) is 1. The number of halogens is 1. The van der Waals surface area contributed by atoms with Gasteiger partial charge in [-0.3, -0.25) is 14.2 Å². The van der Waals surface area contributed by atoms with E-state index in [1.54, 1.807) is 43.3 Å². The quantitative estimate of drug-likeness (QED) is 0.295. The maximum absolute atomic E-state index is 13.4. The third kappa shape index (κ3) is 5.18. The zero-order chi connectivity index (χ0) is 23.4. The van der Waals surface area contributed by atoms with Gasteiger partial charge < -0.3 is 5.32 Å². The lowest BCUT2D eigenvalue weighted by Gasteiger charge is -2.14. The van der Waals surface area contributed by atoms with Crippen LogP contribution in [0.3, 0.4) is 0 Å². The van der Waals surface area contributed by atoms with Gasteiger partial charge in [0.2, 0.25) is 5.91 Å². The van der Waals surface area contributed by atoms with E-state index in [2.05, 4.69) is 15.5 Å². The molecule has 1 unspecified atom stereocenters. The van der Waals surface area contributed by atoms with Gasteiger partial charge in [0.15, 0.2) is 16.8 Å². The molecule has 0 spiro atoms. The van der Waals surface area contributed by atoms with Gasteiger partial charge in [0.25, 0.3) is 0 Å². The van der Waals surface area contributed by atoms with Crippen LogP contribution in [0, 0.1) is 5.82 Å². The Morgan fingerprint density at radius 3 is 2.39 bits per heavy atom. The summed E-state index contributed by atoms with van der Waals surface area (Å²) in [6.45, 7) is 3.25. The van der Waals surface area contributed by atoms with Crippen LogP contribution in [0.5, 0.6) is 0 Å². The zero-order valence-electron chi connectivity index (χ0n) is 18.0. The van der Waals surface area contributed by atoms with E-state index in [1.807, 2.05) is 34.9 Å². The molecule has 0 radical (unpaired) electrons. The highest BCUT2D eigenvalue weighted by Gasteiger charge is 2.22. The summed E-state index contributed by atoms with van der Waals surface area (Å²) >= 11 is 1.26. The summed E-state index contributed by atoms with van der Waals surface area (Å²) in [5, 5.41) is 11.5. The number of aromatic nitrogens is 3. The standard InChI is InChI=1S/C25H21FN4O2S/c1-16(31)19-7-6-8-21(15-19)27-24(32)17(2)33-25-29-28-23(18-11-13-20(26)14-12-18)30(25)22-9-4-3-5-10-22/h3-15,17H,1-2H3,(H,27,32). The second kappa shape index (κ2) is 9.79. The molecule has 6 nitrogen and oxygen atoms in total. The summed E-state index contributed by atoms with van der Waals surface area (Å²) in [7, 11) is 0. The number of ketones is 1. The van der Waals surface area contributed by atoms with Crippen LogP contribution in [0.1, 0.15) is 24.2 Å². The minimum absolute atomic E-state index is 0.0715. The van der Waals surface area contributed by atoms with E-state index in [0.717, 1.165) is 5.69 Å². The van der Waals surface area contributed by atoms with Crippen molar-refractivity contribution in [1.29, 1.82) is 0 Å². The van der Waals surface area contributed by atoms with Crippen LogP contribution in [-0.2, 0) is 4.79 Å². The third-order valence-corrected chi connectivity index (χ3v) is 5.98. The lowest BCUT2D eigenvalue weighted by atomic mass is 10.1. The minimum Gasteiger partial charge on any atom is -0.325 e. The first-order chi connectivity index (χ1) is 15.9. The summed E-state index contributed by atoms with van der Waals surface area (Å²) in [5.41, 5.74) is 2.61. The van der Waals surface area contributed by atoms with E-state index in [9.17, 15) is 14.0 Å². The SMILES string of the molecule is CC(=O)c1cccc(NC(=O)C(C)Sc2nnc(-c3ccc(F)cc3)n2-c2ccccc2)c1. The number of thioether (sulfide) groups is 1. The molecule has 0 bridgehead atoms. The van der Waals surface area contributed by atoms with Crippen molar-refractivity contribution in [1.82, 2.24) is 14.8 Å². The first-order valence-electron chi connectivity index (χ1n) is 10.3. The van der Waals surface area contributed by atoms with E-state index in [4.69, 9.17) is 0 Å². The summed E-state index contributed by atoms with van der Waals surface area (Å²) < 4.78 is 15.3. The number of anilines is 1. The number of carbonyl (C=O) groups is 2. The molecule has 1 amide bonds. The Morgan fingerprint density at radius 1 is 0.970 bits per heavy atom. The Morgan fingerprint density at radius 2 is 1.70 bits per heavy atom. The molecule has 1 N–H and O–H groups in total. The summed E-state index contributed by atoms with van der Waals surface area (Å²) in [6, 6.07) is 22.4. The van der Waals surface area contributed by atoms with Gasteiger partial charge in [0.05, 0.1) is 5.25 Å². The predicted molar refractivity (Wildman–Crippen MR) is 127 cm³/mol. The number of carbonyl (C=O) groups excluding carboxylic acids is 2.